The number of anilines is 1. The van der Waals surface area contributed by atoms with E-state index in [1.54, 1.807) is 6.07 Å². The number of hydrogen-bond acceptors (Lipinski definition) is 7. The van der Waals surface area contributed by atoms with Crippen LogP contribution in [0.5, 0.6) is 5.75 Å². The third-order valence-electron chi connectivity index (χ3n) is 3.98. The number of amides is 1. The lowest BCUT2D eigenvalue weighted by molar-refractivity contribution is -0.385. The van der Waals surface area contributed by atoms with Crippen LogP contribution in [0.2, 0.25) is 0 Å². The van der Waals surface area contributed by atoms with E-state index in [0.717, 1.165) is 29.7 Å². The maximum atomic E-state index is 12.2. The molecule has 1 N–H and O–H groups in total. The van der Waals surface area contributed by atoms with Crippen LogP contribution in [0.25, 0.3) is 0 Å². The van der Waals surface area contributed by atoms with Crippen molar-refractivity contribution in [2.45, 2.75) is 19.3 Å². The van der Waals surface area contributed by atoms with Gasteiger partial charge in [-0.25, -0.2) is 4.79 Å². The van der Waals surface area contributed by atoms with Crippen molar-refractivity contribution in [2.75, 3.05) is 19.0 Å². The Morgan fingerprint density at radius 1 is 1.31 bits per heavy atom. The van der Waals surface area contributed by atoms with E-state index in [4.69, 9.17) is 9.47 Å². The number of carbonyl (C=O) groups is 2. The first-order chi connectivity index (χ1) is 12.5. The third-order valence-corrected chi connectivity index (χ3v) is 5.19. The molecule has 1 heterocycles. The first-order valence-corrected chi connectivity index (χ1v) is 8.71. The molecule has 0 aliphatic heterocycles. The fourth-order valence-electron chi connectivity index (χ4n) is 2.85. The average Bonchev–Trinajstić information content (AvgIpc) is 3.20. The predicted octanol–water partition coefficient (Wildman–Crippen LogP) is 2.95. The Balaban J connectivity index is 1.72. The molecule has 0 saturated carbocycles. The zero-order valence-electron chi connectivity index (χ0n) is 13.9. The zero-order valence-corrected chi connectivity index (χ0v) is 14.8. The van der Waals surface area contributed by atoms with Crippen LogP contribution in [-0.4, -0.2) is 30.5 Å². The van der Waals surface area contributed by atoms with E-state index in [-0.39, 0.29) is 11.4 Å². The number of para-hydroxylation sites is 2. The Bertz CT molecular complexity index is 876. The smallest absolute Gasteiger partial charge is 0.341 e. The van der Waals surface area contributed by atoms with Gasteiger partial charge in [-0.05, 0) is 30.9 Å². The number of fused-ring (bicyclic) bond motifs is 1. The van der Waals surface area contributed by atoms with Gasteiger partial charge in [-0.15, -0.1) is 11.3 Å². The molecule has 0 radical (unpaired) electrons. The fourth-order valence-corrected chi connectivity index (χ4v) is 4.14. The monoisotopic (exact) mass is 376 g/mol. The highest BCUT2D eigenvalue weighted by Gasteiger charge is 2.28. The van der Waals surface area contributed by atoms with Crippen LogP contribution < -0.4 is 10.1 Å². The Hall–Kier alpha value is -2.94. The quantitative estimate of drug-likeness (QED) is 0.472. The zero-order chi connectivity index (χ0) is 18.7. The van der Waals surface area contributed by atoms with Crippen molar-refractivity contribution in [1.29, 1.82) is 0 Å². The number of thiophene rings is 1. The highest BCUT2D eigenvalue weighted by atomic mass is 32.1. The van der Waals surface area contributed by atoms with Crippen LogP contribution >= 0.6 is 11.3 Å². The number of ether oxygens (including phenoxy) is 2. The predicted molar refractivity (Wildman–Crippen MR) is 94.9 cm³/mol. The summed E-state index contributed by atoms with van der Waals surface area (Å²) in [6, 6.07) is 5.82. The van der Waals surface area contributed by atoms with Crippen LogP contribution in [-0.2, 0) is 22.4 Å². The number of rotatable bonds is 6. The number of nitro groups is 1. The number of carbonyl (C=O) groups excluding carboxylic acids is 2. The van der Waals surface area contributed by atoms with E-state index < -0.39 is 23.4 Å². The molecule has 8 nitrogen and oxygen atoms in total. The third kappa shape index (κ3) is 3.52. The molecule has 9 heteroatoms. The second-order valence-electron chi connectivity index (χ2n) is 5.61. The van der Waals surface area contributed by atoms with Gasteiger partial charge in [-0.2, -0.15) is 0 Å². The van der Waals surface area contributed by atoms with E-state index >= 15 is 0 Å². The molecule has 1 aromatic heterocycles. The molecule has 26 heavy (non-hydrogen) atoms. The molecule has 0 saturated heterocycles. The standard InChI is InChI=1S/C17H16N2O6S/c1-24-17(21)15-10-5-4-8-13(10)26-16(15)18-14(20)9-25-12-7-3-2-6-11(12)19(22)23/h2-3,6-7H,4-5,8-9H2,1H3,(H,18,20). The van der Waals surface area contributed by atoms with Crippen LogP contribution in [0.15, 0.2) is 24.3 Å². The van der Waals surface area contributed by atoms with E-state index in [0.29, 0.717) is 10.6 Å². The molecule has 2 aromatic rings. The number of nitro benzene ring substituents is 1. The molecule has 1 aliphatic rings. The molecular weight excluding hydrogens is 360 g/mol. The van der Waals surface area contributed by atoms with Crippen molar-refractivity contribution in [1.82, 2.24) is 0 Å². The summed E-state index contributed by atoms with van der Waals surface area (Å²) in [7, 11) is 1.30. The minimum atomic E-state index is -0.577. The summed E-state index contributed by atoms with van der Waals surface area (Å²) < 4.78 is 10.1. The number of nitrogens with one attached hydrogen (secondary N) is 1. The second kappa shape index (κ2) is 7.52. The molecule has 0 atom stereocenters. The highest BCUT2D eigenvalue weighted by Crippen LogP contribution is 2.39. The van der Waals surface area contributed by atoms with Gasteiger partial charge in [-0.3, -0.25) is 14.9 Å². The Morgan fingerprint density at radius 3 is 2.81 bits per heavy atom. The van der Waals surface area contributed by atoms with Crippen molar-refractivity contribution in [3.63, 3.8) is 0 Å². The maximum Gasteiger partial charge on any atom is 0.341 e. The topological polar surface area (TPSA) is 108 Å². The van der Waals surface area contributed by atoms with Gasteiger partial charge in [0.15, 0.2) is 12.4 Å². The van der Waals surface area contributed by atoms with E-state index in [2.05, 4.69) is 5.32 Å². The summed E-state index contributed by atoms with van der Waals surface area (Å²) in [4.78, 5) is 35.7. The molecular formula is C17H16N2O6S. The van der Waals surface area contributed by atoms with Crippen molar-refractivity contribution in [2.24, 2.45) is 0 Å². The van der Waals surface area contributed by atoms with Crippen molar-refractivity contribution in [3.8, 4) is 5.75 Å². The number of nitrogens with zero attached hydrogens (tertiary/aromatic N) is 1. The van der Waals surface area contributed by atoms with Crippen molar-refractivity contribution in [3.05, 3.63) is 50.4 Å². The fraction of sp³-hybridized carbons (Fsp3) is 0.294. The van der Waals surface area contributed by atoms with Gasteiger partial charge < -0.3 is 14.8 Å². The lowest BCUT2D eigenvalue weighted by Crippen LogP contribution is -2.21. The number of benzene rings is 1. The molecule has 3 rings (SSSR count). The number of methoxy groups -OCH3 is 1. The van der Waals surface area contributed by atoms with E-state index in [9.17, 15) is 19.7 Å². The molecule has 0 bridgehead atoms. The first-order valence-electron chi connectivity index (χ1n) is 7.90. The van der Waals surface area contributed by atoms with E-state index in [1.807, 2.05) is 0 Å². The Kier molecular flexibility index (Phi) is 5.17. The lowest BCUT2D eigenvalue weighted by atomic mass is 10.1. The summed E-state index contributed by atoms with van der Waals surface area (Å²) in [5.74, 6) is -0.984. The summed E-state index contributed by atoms with van der Waals surface area (Å²) in [5.41, 5.74) is 1.10. The molecule has 136 valence electrons. The molecule has 0 fully saturated rings. The average molecular weight is 376 g/mol. The molecule has 0 unspecified atom stereocenters. The van der Waals surface area contributed by atoms with Gasteiger partial charge in [-0.1, -0.05) is 12.1 Å². The van der Waals surface area contributed by atoms with Gasteiger partial charge in [0.2, 0.25) is 0 Å². The summed E-state index contributed by atoms with van der Waals surface area (Å²) >= 11 is 1.35. The molecule has 1 amide bonds. The van der Waals surface area contributed by atoms with Gasteiger partial charge >= 0.3 is 11.7 Å². The van der Waals surface area contributed by atoms with Crippen LogP contribution in [0, 0.1) is 10.1 Å². The van der Waals surface area contributed by atoms with Crippen molar-refractivity contribution < 1.29 is 24.0 Å². The maximum absolute atomic E-state index is 12.2. The lowest BCUT2D eigenvalue weighted by Gasteiger charge is -2.08. The summed E-state index contributed by atoms with van der Waals surface area (Å²) in [5, 5.41) is 14.1. The van der Waals surface area contributed by atoms with Crippen LogP contribution in [0.1, 0.15) is 27.2 Å². The van der Waals surface area contributed by atoms with Crippen LogP contribution in [0.3, 0.4) is 0 Å². The minimum absolute atomic E-state index is 0.00881. The van der Waals surface area contributed by atoms with Gasteiger partial charge in [0.05, 0.1) is 17.6 Å². The molecule has 0 spiro atoms. The SMILES string of the molecule is COC(=O)c1c(NC(=O)COc2ccccc2[N+](=O)[O-])sc2c1CCC2. The largest absolute Gasteiger partial charge is 0.477 e. The second-order valence-corrected chi connectivity index (χ2v) is 6.72. The van der Waals surface area contributed by atoms with Gasteiger partial charge in [0, 0.05) is 10.9 Å². The number of esters is 1. The summed E-state index contributed by atoms with van der Waals surface area (Å²) in [6.45, 7) is -0.409. The minimum Gasteiger partial charge on any atom is -0.477 e. The number of aryl methyl sites for hydroxylation is 1. The molecule has 1 aliphatic carbocycles. The van der Waals surface area contributed by atoms with Gasteiger partial charge in [0.25, 0.3) is 5.91 Å². The van der Waals surface area contributed by atoms with Gasteiger partial charge in [0.1, 0.15) is 5.00 Å². The number of hydrogen-bond donors (Lipinski definition) is 1. The highest BCUT2D eigenvalue weighted by molar-refractivity contribution is 7.17. The first kappa shape index (κ1) is 17.9. The normalized spacial score (nSPS) is 12.3. The van der Waals surface area contributed by atoms with E-state index in [1.165, 1.54) is 36.6 Å². The Morgan fingerprint density at radius 2 is 2.08 bits per heavy atom. The summed E-state index contributed by atoms with van der Waals surface area (Å²) in [6.07, 6.45) is 2.62. The van der Waals surface area contributed by atoms with Crippen LogP contribution in [0.4, 0.5) is 10.7 Å². The molecule has 1 aromatic carbocycles. The Labute approximate surface area is 152 Å². The van der Waals surface area contributed by atoms with Crippen molar-refractivity contribution >= 4 is 33.9 Å².